The van der Waals surface area contributed by atoms with E-state index in [1.165, 1.54) is 4.90 Å². The second-order valence-electron chi connectivity index (χ2n) is 7.83. The third-order valence-electron chi connectivity index (χ3n) is 5.33. The maximum absolute atomic E-state index is 12.7. The monoisotopic (exact) mass is 411 g/mol. The van der Waals surface area contributed by atoms with Crippen molar-refractivity contribution >= 4 is 35.2 Å². The first-order valence-corrected chi connectivity index (χ1v) is 10.8. The van der Waals surface area contributed by atoms with Crippen LogP contribution in [0.5, 0.6) is 5.75 Å². The highest BCUT2D eigenvalue weighted by molar-refractivity contribution is 7.99. The zero-order valence-electron chi connectivity index (χ0n) is 16.0. The molecule has 1 spiro atoms. The van der Waals surface area contributed by atoms with Crippen molar-refractivity contribution in [2.75, 3.05) is 24.7 Å². The molecule has 1 aromatic carbocycles. The molecule has 2 heterocycles. The Morgan fingerprint density at radius 2 is 2.11 bits per heavy atom. The summed E-state index contributed by atoms with van der Waals surface area (Å²) in [6.45, 7) is 5.99. The minimum absolute atomic E-state index is 0.0135. The van der Waals surface area contributed by atoms with Gasteiger partial charge in [-0.25, -0.2) is 0 Å². The molecule has 27 heavy (non-hydrogen) atoms. The van der Waals surface area contributed by atoms with Gasteiger partial charge in [-0.3, -0.25) is 14.5 Å². The van der Waals surface area contributed by atoms with Gasteiger partial charge in [-0.2, -0.15) is 11.8 Å². The van der Waals surface area contributed by atoms with Crippen molar-refractivity contribution in [3.05, 3.63) is 28.3 Å². The van der Waals surface area contributed by atoms with Gasteiger partial charge in [0.25, 0.3) is 0 Å². The third kappa shape index (κ3) is 4.13. The summed E-state index contributed by atoms with van der Waals surface area (Å²) in [5.41, 5.74) is 1.32. The lowest BCUT2D eigenvalue weighted by molar-refractivity contribution is -0.142. The van der Waals surface area contributed by atoms with E-state index in [0.29, 0.717) is 16.5 Å². The molecule has 5 nitrogen and oxygen atoms in total. The molecular formula is C20H26ClNO4S. The van der Waals surface area contributed by atoms with Gasteiger partial charge in [0.15, 0.2) is 0 Å². The van der Waals surface area contributed by atoms with Crippen LogP contribution in [0.25, 0.3) is 0 Å². The SMILES string of the molecule is Cc1cc(OC[C@@H](O)CN2C(=O)C[C@@]3(CCSC3)C2=O)c(C(C)C)cc1Cl. The number of benzene rings is 1. The fourth-order valence-corrected chi connectivity index (χ4v) is 5.27. The molecule has 0 aromatic heterocycles. The number of thioether (sulfide) groups is 1. The van der Waals surface area contributed by atoms with Crippen LogP contribution in [0.1, 0.15) is 43.7 Å². The number of nitrogens with zero attached hydrogens (tertiary/aromatic N) is 1. The zero-order chi connectivity index (χ0) is 19.8. The van der Waals surface area contributed by atoms with Crippen LogP contribution in [0.2, 0.25) is 5.02 Å². The van der Waals surface area contributed by atoms with Crippen LogP contribution in [-0.2, 0) is 9.59 Å². The largest absolute Gasteiger partial charge is 0.491 e. The molecule has 1 aromatic rings. The van der Waals surface area contributed by atoms with Gasteiger partial charge >= 0.3 is 0 Å². The Balaban J connectivity index is 1.64. The van der Waals surface area contributed by atoms with E-state index >= 15 is 0 Å². The van der Waals surface area contributed by atoms with E-state index in [0.717, 1.165) is 23.3 Å². The second kappa shape index (κ2) is 8.02. The molecule has 2 atom stereocenters. The van der Waals surface area contributed by atoms with E-state index in [2.05, 4.69) is 0 Å². The lowest BCUT2D eigenvalue weighted by Gasteiger charge is -2.23. The Bertz CT molecular complexity index is 746. The maximum atomic E-state index is 12.7. The van der Waals surface area contributed by atoms with Crippen molar-refractivity contribution in [3.8, 4) is 5.75 Å². The van der Waals surface area contributed by atoms with Crippen LogP contribution in [0.15, 0.2) is 12.1 Å². The molecule has 2 fully saturated rings. The van der Waals surface area contributed by atoms with Gasteiger partial charge < -0.3 is 9.84 Å². The lowest BCUT2D eigenvalue weighted by Crippen LogP contribution is -2.42. The first-order valence-electron chi connectivity index (χ1n) is 9.27. The van der Waals surface area contributed by atoms with Crippen LogP contribution in [-0.4, -0.2) is 52.6 Å². The summed E-state index contributed by atoms with van der Waals surface area (Å²) in [5.74, 6) is 2.17. The highest BCUT2D eigenvalue weighted by atomic mass is 35.5. The number of hydrogen-bond donors (Lipinski definition) is 1. The maximum Gasteiger partial charge on any atom is 0.236 e. The molecule has 2 amide bonds. The number of likely N-dealkylation sites (tertiary alicyclic amines) is 1. The fourth-order valence-electron chi connectivity index (χ4n) is 3.66. The Labute approximate surface area is 169 Å². The molecule has 3 rings (SSSR count). The summed E-state index contributed by atoms with van der Waals surface area (Å²) in [6.07, 6.45) is 0.0751. The molecule has 7 heteroatoms. The first kappa shape index (κ1) is 20.5. The van der Waals surface area contributed by atoms with E-state index < -0.39 is 11.5 Å². The zero-order valence-corrected chi connectivity index (χ0v) is 17.5. The molecule has 148 valence electrons. The summed E-state index contributed by atoms with van der Waals surface area (Å²) >= 11 is 7.92. The third-order valence-corrected chi connectivity index (χ3v) is 6.99. The minimum Gasteiger partial charge on any atom is -0.491 e. The van der Waals surface area contributed by atoms with Crippen molar-refractivity contribution in [1.82, 2.24) is 4.90 Å². The van der Waals surface area contributed by atoms with Crippen LogP contribution < -0.4 is 4.74 Å². The molecule has 0 saturated carbocycles. The number of carbonyl (C=O) groups excluding carboxylic acids is 2. The van der Waals surface area contributed by atoms with Crippen molar-refractivity contribution in [1.29, 1.82) is 0 Å². The number of halogens is 1. The minimum atomic E-state index is -0.932. The quantitative estimate of drug-likeness (QED) is 0.727. The van der Waals surface area contributed by atoms with Gasteiger partial charge in [-0.1, -0.05) is 25.4 Å². The van der Waals surface area contributed by atoms with Crippen molar-refractivity contribution in [2.45, 2.75) is 45.6 Å². The number of amides is 2. The van der Waals surface area contributed by atoms with E-state index in [4.69, 9.17) is 16.3 Å². The van der Waals surface area contributed by atoms with Gasteiger partial charge in [0.2, 0.25) is 11.8 Å². The van der Waals surface area contributed by atoms with E-state index in [-0.39, 0.29) is 37.3 Å². The summed E-state index contributed by atoms with van der Waals surface area (Å²) in [7, 11) is 0. The Morgan fingerprint density at radius 3 is 2.74 bits per heavy atom. The topological polar surface area (TPSA) is 66.8 Å². The Morgan fingerprint density at radius 1 is 1.37 bits per heavy atom. The summed E-state index contributed by atoms with van der Waals surface area (Å²) in [6, 6.07) is 3.75. The van der Waals surface area contributed by atoms with Gasteiger partial charge in [0.1, 0.15) is 18.5 Å². The summed E-state index contributed by atoms with van der Waals surface area (Å²) in [5, 5.41) is 11.1. The van der Waals surface area contributed by atoms with Crippen LogP contribution in [0, 0.1) is 12.3 Å². The van der Waals surface area contributed by atoms with Gasteiger partial charge in [0, 0.05) is 17.2 Å². The highest BCUT2D eigenvalue weighted by Crippen LogP contribution is 2.44. The summed E-state index contributed by atoms with van der Waals surface area (Å²) in [4.78, 5) is 26.2. The number of aliphatic hydroxyl groups excluding tert-OH is 1. The van der Waals surface area contributed by atoms with E-state index in [1.54, 1.807) is 11.8 Å². The molecule has 2 aliphatic rings. The number of β-amino-alcohol motifs (C(OH)–C–C–N with tert-alkyl or cyclic N) is 1. The number of aryl methyl sites for hydroxylation is 1. The average Bonchev–Trinajstić information content (AvgIpc) is 3.16. The molecule has 0 aliphatic carbocycles. The molecular weight excluding hydrogens is 386 g/mol. The fraction of sp³-hybridized carbons (Fsp3) is 0.600. The van der Waals surface area contributed by atoms with Gasteiger partial charge in [-0.05, 0) is 48.3 Å². The number of ether oxygens (including phenoxy) is 1. The van der Waals surface area contributed by atoms with Crippen molar-refractivity contribution in [2.24, 2.45) is 5.41 Å². The first-order chi connectivity index (χ1) is 12.7. The molecule has 2 aliphatic heterocycles. The number of carbonyl (C=O) groups is 2. The molecule has 0 unspecified atom stereocenters. The number of hydrogen-bond acceptors (Lipinski definition) is 5. The highest BCUT2D eigenvalue weighted by Gasteiger charge is 2.53. The standard InChI is InChI=1S/C20H26ClNO4S/c1-12(2)15-7-16(21)13(3)6-17(15)26-10-14(23)9-22-18(24)8-20(19(22)25)4-5-27-11-20/h6-7,12,14,23H,4-5,8-11H2,1-3H3/t14-,20+/m0/s1. The molecule has 0 bridgehead atoms. The van der Waals surface area contributed by atoms with Crippen LogP contribution in [0.3, 0.4) is 0 Å². The lowest BCUT2D eigenvalue weighted by atomic mass is 9.86. The molecule has 0 radical (unpaired) electrons. The number of imide groups is 1. The van der Waals surface area contributed by atoms with Gasteiger partial charge in [0.05, 0.1) is 12.0 Å². The predicted molar refractivity (Wildman–Crippen MR) is 107 cm³/mol. The second-order valence-corrected chi connectivity index (χ2v) is 9.34. The van der Waals surface area contributed by atoms with Crippen molar-refractivity contribution < 1.29 is 19.4 Å². The Hall–Kier alpha value is -1.24. The summed E-state index contributed by atoms with van der Waals surface area (Å²) < 4.78 is 5.83. The molecule has 2 saturated heterocycles. The molecule has 1 N–H and O–H groups in total. The van der Waals surface area contributed by atoms with Crippen molar-refractivity contribution in [3.63, 3.8) is 0 Å². The number of rotatable bonds is 6. The number of aliphatic hydroxyl groups is 1. The van der Waals surface area contributed by atoms with E-state index in [9.17, 15) is 14.7 Å². The van der Waals surface area contributed by atoms with Crippen LogP contribution in [0.4, 0.5) is 0 Å². The predicted octanol–water partition coefficient (Wildman–Crippen LogP) is 3.39. The normalized spacial score (nSPS) is 23.7. The van der Waals surface area contributed by atoms with Crippen LogP contribution >= 0.6 is 23.4 Å². The van der Waals surface area contributed by atoms with E-state index in [1.807, 2.05) is 32.9 Å². The smallest absolute Gasteiger partial charge is 0.236 e. The van der Waals surface area contributed by atoms with Gasteiger partial charge in [-0.15, -0.1) is 0 Å². The Kier molecular flexibility index (Phi) is 6.08. The average molecular weight is 412 g/mol.